The molecule has 0 spiro atoms. The second-order valence-electron chi connectivity index (χ2n) is 8.18. The van der Waals surface area contributed by atoms with Crippen molar-refractivity contribution in [1.82, 2.24) is 5.32 Å². The quantitative estimate of drug-likeness (QED) is 0.545. The van der Waals surface area contributed by atoms with Gasteiger partial charge in [0.2, 0.25) is 12.3 Å². The number of fused-ring (bicyclic) bond motifs is 1. The van der Waals surface area contributed by atoms with Crippen LogP contribution in [0.3, 0.4) is 0 Å². The molecule has 7 nitrogen and oxygen atoms in total. The molecule has 0 saturated heterocycles. The number of hydrogen-bond acceptors (Lipinski definition) is 6. The second-order valence-corrected chi connectivity index (χ2v) is 8.18. The Bertz CT molecular complexity index is 806. The molecule has 1 aliphatic heterocycles. The predicted octanol–water partition coefficient (Wildman–Crippen LogP) is 3.62. The Morgan fingerprint density at radius 3 is 2.50 bits per heavy atom. The lowest BCUT2D eigenvalue weighted by molar-refractivity contribution is -0.120. The number of halogens is 4. The molecule has 0 radical (unpaired) electrons. The first-order valence-electron chi connectivity index (χ1n) is 10.6. The molecule has 1 aromatic rings. The molecule has 0 aromatic heterocycles. The van der Waals surface area contributed by atoms with E-state index >= 15 is 0 Å². The average molecular weight is 463 g/mol. The van der Waals surface area contributed by atoms with Gasteiger partial charge in [-0.2, -0.15) is 0 Å². The summed E-state index contributed by atoms with van der Waals surface area (Å²) >= 11 is 0. The number of anilines is 2. The normalized spacial score (nSPS) is 23.6. The summed E-state index contributed by atoms with van der Waals surface area (Å²) in [6.07, 6.45) is -0.626. The van der Waals surface area contributed by atoms with Crippen LogP contribution >= 0.6 is 0 Å². The molecule has 1 aliphatic carbocycles. The number of nitrogens with zero attached hydrogens (tertiary/aromatic N) is 1. The van der Waals surface area contributed by atoms with Gasteiger partial charge in [-0.1, -0.05) is 0 Å². The third-order valence-electron chi connectivity index (χ3n) is 5.46. The fraction of sp³-hybridized carbons (Fsp3) is 0.667. The van der Waals surface area contributed by atoms with Crippen LogP contribution in [0, 0.1) is 11.6 Å². The van der Waals surface area contributed by atoms with E-state index in [9.17, 15) is 22.4 Å². The summed E-state index contributed by atoms with van der Waals surface area (Å²) in [5, 5.41) is 5.70. The zero-order valence-corrected chi connectivity index (χ0v) is 18.3. The van der Waals surface area contributed by atoms with Crippen molar-refractivity contribution in [2.45, 2.75) is 70.6 Å². The molecule has 2 aliphatic rings. The van der Waals surface area contributed by atoms with Crippen LogP contribution in [0.2, 0.25) is 0 Å². The first-order chi connectivity index (χ1) is 15.2. The SMILES string of the molecule is CC(=O)N[C@@H](C)CO[C@H]1CC[C@H](OC2Nc3cc(F)c(OCC(F)F)c(F)c3N2C)CC1. The molecule has 32 heavy (non-hydrogen) atoms. The van der Waals surface area contributed by atoms with E-state index in [4.69, 9.17) is 9.47 Å². The van der Waals surface area contributed by atoms with Crippen LogP contribution in [-0.2, 0) is 14.3 Å². The molecular weight excluding hydrogens is 434 g/mol. The minimum Gasteiger partial charge on any atom is -0.481 e. The Hall–Kier alpha value is -2.27. The summed E-state index contributed by atoms with van der Waals surface area (Å²) in [5.74, 6) is -3.04. The van der Waals surface area contributed by atoms with E-state index in [0.29, 0.717) is 6.61 Å². The molecule has 2 atom stereocenters. The third kappa shape index (κ3) is 5.94. The van der Waals surface area contributed by atoms with E-state index in [1.165, 1.54) is 11.8 Å². The maximum Gasteiger partial charge on any atom is 0.272 e. The summed E-state index contributed by atoms with van der Waals surface area (Å²) in [6.45, 7) is 2.67. The van der Waals surface area contributed by atoms with Gasteiger partial charge in [-0.05, 0) is 32.6 Å². The molecule has 180 valence electrons. The van der Waals surface area contributed by atoms with E-state index in [2.05, 4.69) is 15.4 Å². The van der Waals surface area contributed by atoms with Crippen LogP contribution in [0.5, 0.6) is 5.75 Å². The maximum atomic E-state index is 14.8. The van der Waals surface area contributed by atoms with Gasteiger partial charge in [0.05, 0.1) is 24.5 Å². The zero-order chi connectivity index (χ0) is 23.4. The summed E-state index contributed by atoms with van der Waals surface area (Å²) in [4.78, 5) is 12.5. The molecule has 1 heterocycles. The predicted molar refractivity (Wildman–Crippen MR) is 110 cm³/mol. The Morgan fingerprint density at radius 2 is 1.88 bits per heavy atom. The molecule has 0 bridgehead atoms. The van der Waals surface area contributed by atoms with Crippen molar-refractivity contribution in [3.05, 3.63) is 17.7 Å². The van der Waals surface area contributed by atoms with Crippen molar-refractivity contribution in [3.8, 4) is 5.75 Å². The number of ether oxygens (including phenoxy) is 3. The summed E-state index contributed by atoms with van der Waals surface area (Å²) < 4.78 is 70.3. The number of nitrogens with one attached hydrogen (secondary N) is 2. The Morgan fingerprint density at radius 1 is 1.22 bits per heavy atom. The van der Waals surface area contributed by atoms with Crippen molar-refractivity contribution in [2.75, 3.05) is 30.5 Å². The van der Waals surface area contributed by atoms with Crippen LogP contribution in [0.15, 0.2) is 6.07 Å². The Balaban J connectivity index is 1.52. The molecule has 1 unspecified atom stereocenters. The molecule has 1 amide bonds. The molecular formula is C21H29F4N3O4. The summed E-state index contributed by atoms with van der Waals surface area (Å²) in [7, 11) is 1.57. The van der Waals surface area contributed by atoms with Crippen molar-refractivity contribution >= 4 is 17.3 Å². The smallest absolute Gasteiger partial charge is 0.272 e. The Kier molecular flexibility index (Phi) is 8.05. The number of carbonyl (C=O) groups excluding carboxylic acids is 1. The largest absolute Gasteiger partial charge is 0.481 e. The Labute approximate surface area is 184 Å². The highest BCUT2D eigenvalue weighted by Gasteiger charge is 2.35. The van der Waals surface area contributed by atoms with Crippen LogP contribution in [-0.4, -0.2) is 57.2 Å². The summed E-state index contributed by atoms with van der Waals surface area (Å²) in [6, 6.07) is 0.946. The topological polar surface area (TPSA) is 72.1 Å². The highest BCUT2D eigenvalue weighted by atomic mass is 19.3. The first-order valence-corrected chi connectivity index (χ1v) is 10.6. The van der Waals surface area contributed by atoms with E-state index in [1.54, 1.807) is 7.05 Å². The first kappa shape index (κ1) is 24.4. The van der Waals surface area contributed by atoms with Crippen LogP contribution < -0.4 is 20.3 Å². The van der Waals surface area contributed by atoms with Gasteiger partial charge < -0.3 is 29.7 Å². The van der Waals surface area contributed by atoms with Crippen molar-refractivity contribution in [2.24, 2.45) is 0 Å². The van der Waals surface area contributed by atoms with Gasteiger partial charge in [-0.3, -0.25) is 4.79 Å². The highest BCUT2D eigenvalue weighted by Crippen LogP contribution is 2.42. The third-order valence-corrected chi connectivity index (χ3v) is 5.46. The molecule has 2 N–H and O–H groups in total. The van der Waals surface area contributed by atoms with Gasteiger partial charge in [0.1, 0.15) is 12.3 Å². The molecule has 1 aromatic carbocycles. The van der Waals surface area contributed by atoms with Crippen LogP contribution in [0.1, 0.15) is 39.5 Å². The number of benzene rings is 1. The molecule has 1 saturated carbocycles. The standard InChI is InChI=1S/C21H29F4N3O4/c1-11(26-12(2)29)9-30-13-4-6-14(7-5-13)32-21-27-16-8-15(22)20(31-10-17(23)24)18(25)19(16)28(21)3/h8,11,13-14,17,21,27H,4-7,9-10H2,1-3H3,(H,26,29)/t11-,13-,14-,21?/m0/s1. The fourth-order valence-corrected chi connectivity index (χ4v) is 3.98. The van der Waals surface area contributed by atoms with Gasteiger partial charge in [-0.15, -0.1) is 0 Å². The van der Waals surface area contributed by atoms with Gasteiger partial charge in [0, 0.05) is 26.1 Å². The minimum absolute atomic E-state index is 0.00430. The average Bonchev–Trinajstić information content (AvgIpc) is 3.01. The molecule has 1 fully saturated rings. The van der Waals surface area contributed by atoms with E-state index in [-0.39, 0.29) is 35.5 Å². The van der Waals surface area contributed by atoms with Crippen LogP contribution in [0.4, 0.5) is 28.9 Å². The lowest BCUT2D eigenvalue weighted by Crippen LogP contribution is -2.40. The van der Waals surface area contributed by atoms with E-state index in [0.717, 1.165) is 31.7 Å². The molecule has 3 rings (SSSR count). The lowest BCUT2D eigenvalue weighted by Gasteiger charge is -2.33. The number of amides is 1. The van der Waals surface area contributed by atoms with Gasteiger partial charge in [-0.25, -0.2) is 17.6 Å². The van der Waals surface area contributed by atoms with E-state index < -0.39 is 36.8 Å². The molecule has 11 heteroatoms. The zero-order valence-electron chi connectivity index (χ0n) is 18.3. The number of alkyl halides is 2. The number of rotatable bonds is 9. The summed E-state index contributed by atoms with van der Waals surface area (Å²) in [5.41, 5.74) is 0.172. The monoisotopic (exact) mass is 463 g/mol. The van der Waals surface area contributed by atoms with Gasteiger partial charge >= 0.3 is 0 Å². The number of hydrogen-bond donors (Lipinski definition) is 2. The number of carbonyl (C=O) groups is 1. The van der Waals surface area contributed by atoms with Gasteiger partial charge in [0.15, 0.2) is 17.4 Å². The maximum absolute atomic E-state index is 14.8. The van der Waals surface area contributed by atoms with Crippen LogP contribution in [0.25, 0.3) is 0 Å². The minimum atomic E-state index is -2.85. The highest BCUT2D eigenvalue weighted by molar-refractivity contribution is 5.77. The second kappa shape index (κ2) is 10.6. The van der Waals surface area contributed by atoms with Crippen molar-refractivity contribution in [3.63, 3.8) is 0 Å². The van der Waals surface area contributed by atoms with Gasteiger partial charge in [0.25, 0.3) is 6.43 Å². The van der Waals surface area contributed by atoms with Crippen molar-refractivity contribution in [1.29, 1.82) is 0 Å². The van der Waals surface area contributed by atoms with Crippen molar-refractivity contribution < 1.29 is 36.6 Å². The fourth-order valence-electron chi connectivity index (χ4n) is 3.98. The van der Waals surface area contributed by atoms with E-state index in [1.807, 2.05) is 6.92 Å². The lowest BCUT2D eigenvalue weighted by atomic mass is 9.95.